The number of carbonyl (C=O) groups excluding carboxylic acids is 1. The highest BCUT2D eigenvalue weighted by Gasteiger charge is 2.52. The number of aromatic nitrogens is 1. The standard InChI is InChI=1S/C17H21FN2O3/c18-13-7-12(8-13)16(21)20-10-17(11-20)9-14(4-6-22-17)23-15-3-1-2-5-19-15/h1-3,5,12-14H,4,6-11H2. The minimum Gasteiger partial charge on any atom is -0.474 e. The first-order valence-corrected chi connectivity index (χ1v) is 8.28. The van der Waals surface area contributed by atoms with Crippen molar-refractivity contribution in [2.75, 3.05) is 19.7 Å². The lowest BCUT2D eigenvalue weighted by Gasteiger charge is -2.54. The highest BCUT2D eigenvalue weighted by molar-refractivity contribution is 5.81. The maximum absolute atomic E-state index is 12.9. The number of hydrogen-bond donors (Lipinski definition) is 0. The maximum Gasteiger partial charge on any atom is 0.226 e. The normalized spacial score (nSPS) is 32.0. The van der Waals surface area contributed by atoms with Gasteiger partial charge in [0.25, 0.3) is 0 Å². The van der Waals surface area contributed by atoms with Gasteiger partial charge in [-0.2, -0.15) is 0 Å². The van der Waals surface area contributed by atoms with Crippen molar-refractivity contribution >= 4 is 5.91 Å². The predicted molar refractivity (Wildman–Crippen MR) is 80.8 cm³/mol. The van der Waals surface area contributed by atoms with Crippen molar-refractivity contribution in [2.24, 2.45) is 5.92 Å². The second-order valence-electron chi connectivity index (χ2n) is 6.89. The molecule has 0 aromatic carbocycles. The lowest BCUT2D eigenvalue weighted by atomic mass is 9.79. The van der Waals surface area contributed by atoms with Crippen molar-refractivity contribution in [2.45, 2.75) is 43.6 Å². The molecule has 3 heterocycles. The molecule has 124 valence electrons. The SMILES string of the molecule is O=C(C1CC(F)C1)N1CC2(CC(Oc3ccccn3)CCO2)C1. The van der Waals surface area contributed by atoms with Gasteiger partial charge in [-0.3, -0.25) is 4.79 Å². The van der Waals surface area contributed by atoms with Crippen LogP contribution in [0.3, 0.4) is 0 Å². The summed E-state index contributed by atoms with van der Waals surface area (Å²) in [6, 6.07) is 5.61. The van der Waals surface area contributed by atoms with Gasteiger partial charge in [0.05, 0.1) is 19.7 Å². The van der Waals surface area contributed by atoms with Crippen molar-refractivity contribution in [3.8, 4) is 5.88 Å². The quantitative estimate of drug-likeness (QED) is 0.854. The number of pyridine rings is 1. The Labute approximate surface area is 134 Å². The molecule has 2 saturated heterocycles. The molecule has 1 aromatic rings. The molecule has 2 aliphatic heterocycles. The van der Waals surface area contributed by atoms with Gasteiger partial charge in [0.2, 0.25) is 11.8 Å². The fourth-order valence-electron chi connectivity index (χ4n) is 3.70. The zero-order valence-electron chi connectivity index (χ0n) is 13.0. The Morgan fingerprint density at radius 2 is 2.22 bits per heavy atom. The molecule has 1 atom stereocenters. The van der Waals surface area contributed by atoms with Gasteiger partial charge in [0.1, 0.15) is 17.9 Å². The number of rotatable bonds is 3. The first-order valence-electron chi connectivity index (χ1n) is 8.28. The van der Waals surface area contributed by atoms with E-state index in [0.717, 1.165) is 12.8 Å². The van der Waals surface area contributed by atoms with Crippen LogP contribution in [-0.4, -0.2) is 53.4 Å². The summed E-state index contributed by atoms with van der Waals surface area (Å²) >= 11 is 0. The van der Waals surface area contributed by atoms with Crippen LogP contribution in [-0.2, 0) is 9.53 Å². The van der Waals surface area contributed by atoms with Gasteiger partial charge in [-0.05, 0) is 18.9 Å². The lowest BCUT2D eigenvalue weighted by molar-refractivity contribution is -0.197. The van der Waals surface area contributed by atoms with Gasteiger partial charge < -0.3 is 14.4 Å². The van der Waals surface area contributed by atoms with Gasteiger partial charge in [-0.15, -0.1) is 0 Å². The molecular weight excluding hydrogens is 299 g/mol. The smallest absolute Gasteiger partial charge is 0.226 e. The molecule has 1 spiro atoms. The Bertz CT molecular complexity index is 570. The fraction of sp³-hybridized carbons (Fsp3) is 0.647. The zero-order chi connectivity index (χ0) is 15.9. The van der Waals surface area contributed by atoms with E-state index in [-0.39, 0.29) is 23.5 Å². The van der Waals surface area contributed by atoms with Crippen LogP contribution in [0.1, 0.15) is 25.7 Å². The number of ether oxygens (including phenoxy) is 2. The van der Waals surface area contributed by atoms with Crippen LogP contribution in [0.5, 0.6) is 5.88 Å². The van der Waals surface area contributed by atoms with Crippen molar-refractivity contribution in [1.29, 1.82) is 0 Å². The molecule has 1 unspecified atom stereocenters. The summed E-state index contributed by atoms with van der Waals surface area (Å²) in [5.41, 5.74) is -0.285. The number of halogens is 1. The monoisotopic (exact) mass is 320 g/mol. The summed E-state index contributed by atoms with van der Waals surface area (Å²) in [5.74, 6) is 0.595. The molecule has 3 fully saturated rings. The van der Waals surface area contributed by atoms with Crippen LogP contribution in [0.25, 0.3) is 0 Å². The predicted octanol–water partition coefficient (Wildman–Crippen LogP) is 1.97. The molecule has 23 heavy (non-hydrogen) atoms. The maximum atomic E-state index is 12.9. The summed E-state index contributed by atoms with van der Waals surface area (Å²) < 4.78 is 24.8. The lowest BCUT2D eigenvalue weighted by Crippen LogP contribution is -2.68. The summed E-state index contributed by atoms with van der Waals surface area (Å²) in [7, 11) is 0. The molecule has 5 nitrogen and oxygen atoms in total. The molecule has 1 saturated carbocycles. The van der Waals surface area contributed by atoms with E-state index in [1.54, 1.807) is 11.1 Å². The number of nitrogens with zero attached hydrogens (tertiary/aromatic N) is 2. The fourth-order valence-corrected chi connectivity index (χ4v) is 3.70. The van der Waals surface area contributed by atoms with E-state index in [2.05, 4.69) is 4.98 Å². The van der Waals surface area contributed by atoms with Crippen molar-refractivity contribution in [3.63, 3.8) is 0 Å². The Morgan fingerprint density at radius 3 is 2.91 bits per heavy atom. The molecule has 0 radical (unpaired) electrons. The molecule has 6 heteroatoms. The second-order valence-corrected chi connectivity index (χ2v) is 6.89. The average Bonchev–Trinajstić information content (AvgIpc) is 2.50. The van der Waals surface area contributed by atoms with Crippen molar-refractivity contribution in [3.05, 3.63) is 24.4 Å². The number of likely N-dealkylation sites (tertiary alicyclic amines) is 1. The largest absolute Gasteiger partial charge is 0.474 e. The third-order valence-electron chi connectivity index (χ3n) is 5.07. The topological polar surface area (TPSA) is 51.7 Å². The second kappa shape index (κ2) is 5.74. The van der Waals surface area contributed by atoms with E-state index in [0.29, 0.717) is 38.4 Å². The molecule has 0 bridgehead atoms. The van der Waals surface area contributed by atoms with Gasteiger partial charge in [0, 0.05) is 31.0 Å². The zero-order valence-corrected chi connectivity index (χ0v) is 13.0. The molecule has 0 N–H and O–H groups in total. The number of carbonyl (C=O) groups is 1. The summed E-state index contributed by atoms with van der Waals surface area (Å²) in [4.78, 5) is 18.2. The molecule has 4 rings (SSSR count). The Kier molecular flexibility index (Phi) is 3.71. The van der Waals surface area contributed by atoms with Crippen LogP contribution in [0.4, 0.5) is 4.39 Å². The summed E-state index contributed by atoms with van der Waals surface area (Å²) in [5, 5.41) is 0. The van der Waals surface area contributed by atoms with E-state index in [1.807, 2.05) is 18.2 Å². The van der Waals surface area contributed by atoms with Gasteiger partial charge >= 0.3 is 0 Å². The molecule has 1 amide bonds. The van der Waals surface area contributed by atoms with Gasteiger partial charge in [0.15, 0.2) is 0 Å². The van der Waals surface area contributed by atoms with Crippen molar-refractivity contribution in [1.82, 2.24) is 9.88 Å². The van der Waals surface area contributed by atoms with E-state index in [9.17, 15) is 9.18 Å². The number of hydrogen-bond acceptors (Lipinski definition) is 4. The summed E-state index contributed by atoms with van der Waals surface area (Å²) in [6.45, 7) is 1.83. The first-order chi connectivity index (χ1) is 11.1. The number of amides is 1. The minimum atomic E-state index is -0.790. The van der Waals surface area contributed by atoms with Crippen LogP contribution in [0, 0.1) is 5.92 Å². The Morgan fingerprint density at radius 1 is 1.39 bits per heavy atom. The van der Waals surface area contributed by atoms with E-state index in [4.69, 9.17) is 9.47 Å². The molecule has 1 aromatic heterocycles. The van der Waals surface area contributed by atoms with Gasteiger partial charge in [-0.25, -0.2) is 9.37 Å². The molecule has 3 aliphatic rings. The van der Waals surface area contributed by atoms with E-state index >= 15 is 0 Å². The third-order valence-corrected chi connectivity index (χ3v) is 5.07. The Hall–Kier alpha value is -1.69. The van der Waals surface area contributed by atoms with Crippen molar-refractivity contribution < 1.29 is 18.7 Å². The van der Waals surface area contributed by atoms with E-state index < -0.39 is 6.17 Å². The molecule has 1 aliphatic carbocycles. The van der Waals surface area contributed by atoms with Crippen LogP contribution in [0.2, 0.25) is 0 Å². The highest BCUT2D eigenvalue weighted by atomic mass is 19.1. The third kappa shape index (κ3) is 2.92. The summed E-state index contributed by atoms with van der Waals surface area (Å²) in [6.07, 6.45) is 3.35. The van der Waals surface area contributed by atoms with Crippen LogP contribution in [0.15, 0.2) is 24.4 Å². The van der Waals surface area contributed by atoms with Crippen LogP contribution >= 0.6 is 0 Å². The Balaban J connectivity index is 1.31. The minimum absolute atomic E-state index is 0.0647. The van der Waals surface area contributed by atoms with Gasteiger partial charge in [-0.1, -0.05) is 6.07 Å². The highest BCUT2D eigenvalue weighted by Crippen LogP contribution is 2.39. The van der Waals surface area contributed by atoms with E-state index in [1.165, 1.54) is 0 Å². The van der Waals surface area contributed by atoms with Crippen LogP contribution < -0.4 is 4.74 Å². The average molecular weight is 320 g/mol. The molecular formula is C17H21FN2O3. The first kappa shape index (κ1) is 14.9. The number of alkyl halides is 1.